The van der Waals surface area contributed by atoms with Crippen molar-refractivity contribution in [1.29, 1.82) is 0 Å². The normalized spacial score (nSPS) is 17.9. The van der Waals surface area contributed by atoms with Crippen molar-refractivity contribution >= 4 is 28.8 Å². The number of hydrogen-bond acceptors (Lipinski definition) is 4. The van der Waals surface area contributed by atoms with E-state index in [2.05, 4.69) is 5.32 Å². The maximum atomic E-state index is 12.1. The molecular formula is C17H19N3O4. The number of urea groups is 1. The molecule has 0 saturated carbocycles. The number of para-hydroxylation sites is 1. The predicted octanol–water partition coefficient (Wildman–Crippen LogP) is 1.64. The van der Waals surface area contributed by atoms with E-state index < -0.39 is 12.1 Å². The van der Waals surface area contributed by atoms with Crippen molar-refractivity contribution in [2.75, 3.05) is 14.1 Å². The lowest BCUT2D eigenvalue weighted by Gasteiger charge is -2.15. The third-order valence-electron chi connectivity index (χ3n) is 4.44. The minimum atomic E-state index is -0.751. The number of rotatable bonds is 4. The molecule has 7 heteroatoms. The number of hydrogen-bond donors (Lipinski definition) is 1. The van der Waals surface area contributed by atoms with Gasteiger partial charge >= 0.3 is 6.03 Å². The summed E-state index contributed by atoms with van der Waals surface area (Å²) in [5, 5.41) is 3.77. The molecular weight excluding hydrogens is 310 g/mol. The summed E-state index contributed by atoms with van der Waals surface area (Å²) in [5.41, 5.74) is 1.76. The lowest BCUT2D eigenvalue weighted by molar-refractivity contribution is -0.131. The van der Waals surface area contributed by atoms with Crippen molar-refractivity contribution in [2.45, 2.75) is 25.9 Å². The minimum absolute atomic E-state index is 0.0648. The van der Waals surface area contributed by atoms with Crippen LogP contribution in [-0.4, -0.2) is 47.8 Å². The first kappa shape index (κ1) is 16.0. The number of amides is 4. The average molecular weight is 329 g/mol. The standard InChI is InChI=1S/C17H19N3O4/c1-10-11-6-4-5-7-13(11)24-14(10)9-18-15(21)8-12-16(22)20(3)17(23)19(12)2/h4-7,12H,8-9H2,1-3H3,(H,18,21)/t12-/m1/s1. The van der Waals surface area contributed by atoms with Crippen molar-refractivity contribution in [3.05, 3.63) is 35.6 Å². The highest BCUT2D eigenvalue weighted by atomic mass is 16.3. The number of carbonyl (C=O) groups excluding carboxylic acids is 3. The topological polar surface area (TPSA) is 82.9 Å². The van der Waals surface area contributed by atoms with Gasteiger partial charge in [0.15, 0.2) is 0 Å². The van der Waals surface area contributed by atoms with Gasteiger partial charge < -0.3 is 14.6 Å². The summed E-state index contributed by atoms with van der Waals surface area (Å²) >= 11 is 0. The lowest BCUT2D eigenvalue weighted by Crippen LogP contribution is -2.37. The Kier molecular flexibility index (Phi) is 4.01. The number of aryl methyl sites for hydroxylation is 1. The van der Waals surface area contributed by atoms with Crippen molar-refractivity contribution in [1.82, 2.24) is 15.1 Å². The number of imide groups is 1. The van der Waals surface area contributed by atoms with Crippen LogP contribution in [0.25, 0.3) is 11.0 Å². The lowest BCUT2D eigenvalue weighted by atomic mass is 10.1. The van der Waals surface area contributed by atoms with Crippen LogP contribution < -0.4 is 5.32 Å². The molecule has 126 valence electrons. The van der Waals surface area contributed by atoms with Crippen LogP contribution in [0.2, 0.25) is 0 Å². The van der Waals surface area contributed by atoms with Gasteiger partial charge in [0, 0.05) is 25.0 Å². The fourth-order valence-electron chi connectivity index (χ4n) is 2.90. The third kappa shape index (κ3) is 2.62. The van der Waals surface area contributed by atoms with E-state index in [0.29, 0.717) is 5.76 Å². The first-order valence-electron chi connectivity index (χ1n) is 7.68. The summed E-state index contributed by atoms with van der Waals surface area (Å²) < 4.78 is 5.74. The Labute approximate surface area is 139 Å². The summed E-state index contributed by atoms with van der Waals surface area (Å²) in [6, 6.07) is 6.52. The number of nitrogens with zero attached hydrogens (tertiary/aromatic N) is 2. The Morgan fingerprint density at radius 1 is 1.25 bits per heavy atom. The van der Waals surface area contributed by atoms with Crippen LogP contribution in [0.15, 0.2) is 28.7 Å². The van der Waals surface area contributed by atoms with Gasteiger partial charge in [-0.2, -0.15) is 0 Å². The molecule has 1 atom stereocenters. The maximum absolute atomic E-state index is 12.1. The predicted molar refractivity (Wildman–Crippen MR) is 87.1 cm³/mol. The second-order valence-electron chi connectivity index (χ2n) is 5.93. The molecule has 0 radical (unpaired) electrons. The van der Waals surface area contributed by atoms with Crippen LogP contribution in [0.1, 0.15) is 17.7 Å². The largest absolute Gasteiger partial charge is 0.459 e. The SMILES string of the molecule is Cc1c(CNC(=O)C[C@@H]2C(=O)N(C)C(=O)N2C)oc2ccccc12. The summed E-state index contributed by atoms with van der Waals surface area (Å²) in [6.45, 7) is 2.18. The van der Waals surface area contributed by atoms with Crippen LogP contribution in [0.4, 0.5) is 4.79 Å². The van der Waals surface area contributed by atoms with Gasteiger partial charge in [0.2, 0.25) is 5.91 Å². The van der Waals surface area contributed by atoms with Crippen LogP contribution in [0.3, 0.4) is 0 Å². The molecule has 3 rings (SSSR count). The summed E-state index contributed by atoms with van der Waals surface area (Å²) in [4.78, 5) is 38.1. The number of carbonyl (C=O) groups is 3. The molecule has 4 amide bonds. The van der Waals surface area contributed by atoms with Gasteiger partial charge in [0.25, 0.3) is 5.91 Å². The minimum Gasteiger partial charge on any atom is -0.459 e. The molecule has 7 nitrogen and oxygen atoms in total. The van der Waals surface area contributed by atoms with Gasteiger partial charge in [0.05, 0.1) is 13.0 Å². The maximum Gasteiger partial charge on any atom is 0.326 e. The van der Waals surface area contributed by atoms with Gasteiger partial charge in [-0.1, -0.05) is 18.2 Å². The van der Waals surface area contributed by atoms with Crippen LogP contribution in [0.5, 0.6) is 0 Å². The molecule has 1 aliphatic rings. The number of fused-ring (bicyclic) bond motifs is 1. The van der Waals surface area contributed by atoms with E-state index in [9.17, 15) is 14.4 Å². The molecule has 0 unspecified atom stereocenters. The molecule has 0 bridgehead atoms. The highest BCUT2D eigenvalue weighted by Crippen LogP contribution is 2.24. The Bertz CT molecular complexity index is 826. The molecule has 1 aromatic heterocycles. The van der Waals surface area contributed by atoms with Crippen LogP contribution in [-0.2, 0) is 16.1 Å². The molecule has 24 heavy (non-hydrogen) atoms. The van der Waals surface area contributed by atoms with Gasteiger partial charge in [-0.15, -0.1) is 0 Å². The number of nitrogens with one attached hydrogen (secondary N) is 1. The Hall–Kier alpha value is -2.83. The van der Waals surface area contributed by atoms with Crippen molar-refractivity contribution in [2.24, 2.45) is 0 Å². The van der Waals surface area contributed by atoms with E-state index in [1.807, 2.05) is 31.2 Å². The molecule has 1 aromatic carbocycles. The zero-order valence-electron chi connectivity index (χ0n) is 13.8. The number of benzene rings is 1. The second-order valence-corrected chi connectivity index (χ2v) is 5.93. The molecule has 1 fully saturated rings. The molecule has 0 aliphatic carbocycles. The average Bonchev–Trinajstić information content (AvgIpc) is 2.99. The molecule has 1 N–H and O–H groups in total. The Morgan fingerprint density at radius 2 is 1.96 bits per heavy atom. The van der Waals surface area contributed by atoms with Gasteiger partial charge in [-0.05, 0) is 13.0 Å². The van der Waals surface area contributed by atoms with E-state index in [1.54, 1.807) is 0 Å². The van der Waals surface area contributed by atoms with Crippen LogP contribution in [0, 0.1) is 6.92 Å². The fourth-order valence-corrected chi connectivity index (χ4v) is 2.90. The molecule has 1 saturated heterocycles. The van der Waals surface area contributed by atoms with Gasteiger partial charge in [-0.25, -0.2) is 4.79 Å². The van der Waals surface area contributed by atoms with Gasteiger partial charge in [0.1, 0.15) is 17.4 Å². The summed E-state index contributed by atoms with van der Waals surface area (Å²) in [6.07, 6.45) is -0.0648. The molecule has 0 spiro atoms. The van der Waals surface area contributed by atoms with Crippen molar-refractivity contribution in [3.63, 3.8) is 0 Å². The fraction of sp³-hybridized carbons (Fsp3) is 0.353. The van der Waals surface area contributed by atoms with E-state index in [1.165, 1.54) is 19.0 Å². The van der Waals surface area contributed by atoms with Crippen molar-refractivity contribution in [3.8, 4) is 0 Å². The molecule has 2 aromatic rings. The third-order valence-corrected chi connectivity index (χ3v) is 4.44. The zero-order chi connectivity index (χ0) is 17.4. The molecule has 1 aliphatic heterocycles. The highest BCUT2D eigenvalue weighted by molar-refractivity contribution is 6.05. The van der Waals surface area contributed by atoms with E-state index in [-0.39, 0.29) is 24.8 Å². The summed E-state index contributed by atoms with van der Waals surface area (Å²) in [5.74, 6) is 0.0181. The quantitative estimate of drug-likeness (QED) is 0.865. The van der Waals surface area contributed by atoms with Crippen LogP contribution >= 0.6 is 0 Å². The smallest absolute Gasteiger partial charge is 0.326 e. The zero-order valence-corrected chi connectivity index (χ0v) is 13.8. The monoisotopic (exact) mass is 329 g/mol. The summed E-state index contributed by atoms with van der Waals surface area (Å²) in [7, 11) is 2.93. The Morgan fingerprint density at radius 3 is 2.58 bits per heavy atom. The van der Waals surface area contributed by atoms with E-state index in [0.717, 1.165) is 21.4 Å². The van der Waals surface area contributed by atoms with E-state index >= 15 is 0 Å². The van der Waals surface area contributed by atoms with Gasteiger partial charge in [-0.3, -0.25) is 14.5 Å². The molecule has 2 heterocycles. The number of furan rings is 1. The first-order valence-corrected chi connectivity index (χ1v) is 7.68. The van der Waals surface area contributed by atoms with E-state index in [4.69, 9.17) is 4.42 Å². The second kappa shape index (κ2) is 5.99. The van der Waals surface area contributed by atoms with Crippen molar-refractivity contribution < 1.29 is 18.8 Å². The highest BCUT2D eigenvalue weighted by Gasteiger charge is 2.41. The Balaban J connectivity index is 1.64. The first-order chi connectivity index (χ1) is 11.4. The number of likely N-dealkylation sites (N-methyl/N-ethyl adjacent to an activating group) is 2.